The third-order valence-corrected chi connectivity index (χ3v) is 6.82. The molecule has 5 rings (SSSR count). The molecule has 0 bridgehead atoms. The summed E-state index contributed by atoms with van der Waals surface area (Å²) in [5.41, 5.74) is 6.80. The number of anilines is 1. The topological polar surface area (TPSA) is 50.6 Å². The van der Waals surface area contributed by atoms with Gasteiger partial charge in [0.05, 0.1) is 24.2 Å². The van der Waals surface area contributed by atoms with Crippen molar-refractivity contribution in [3.05, 3.63) is 58.9 Å². The van der Waals surface area contributed by atoms with E-state index in [1.807, 2.05) is 11.0 Å². The first kappa shape index (κ1) is 21.2. The zero-order valence-corrected chi connectivity index (χ0v) is 19.3. The highest BCUT2D eigenvalue weighted by Gasteiger charge is 2.36. The summed E-state index contributed by atoms with van der Waals surface area (Å²) < 4.78 is 7.85. The summed E-state index contributed by atoms with van der Waals surface area (Å²) in [5, 5.41) is 0. The van der Waals surface area contributed by atoms with Crippen LogP contribution in [0, 0.1) is 20.8 Å². The molecule has 0 radical (unpaired) electrons. The van der Waals surface area contributed by atoms with Crippen LogP contribution in [0.25, 0.3) is 11.0 Å². The van der Waals surface area contributed by atoms with Crippen molar-refractivity contribution < 1.29 is 9.53 Å². The van der Waals surface area contributed by atoms with Crippen molar-refractivity contribution in [2.24, 2.45) is 0 Å². The zero-order valence-electron chi connectivity index (χ0n) is 19.3. The van der Waals surface area contributed by atoms with Gasteiger partial charge in [-0.15, -0.1) is 0 Å². The molecule has 1 amide bonds. The smallest absolute Gasteiger partial charge is 0.227 e. The molecule has 0 unspecified atom stereocenters. The van der Waals surface area contributed by atoms with E-state index in [1.165, 1.54) is 5.56 Å². The van der Waals surface area contributed by atoms with Gasteiger partial charge in [0.1, 0.15) is 5.82 Å². The molecule has 1 aromatic heterocycles. The molecule has 2 fully saturated rings. The van der Waals surface area contributed by atoms with E-state index < -0.39 is 0 Å². The maximum atomic E-state index is 13.1. The maximum absolute atomic E-state index is 13.1. The van der Waals surface area contributed by atoms with Crippen molar-refractivity contribution in [2.75, 3.05) is 44.3 Å². The van der Waals surface area contributed by atoms with Gasteiger partial charge in [-0.1, -0.05) is 29.8 Å². The van der Waals surface area contributed by atoms with Gasteiger partial charge >= 0.3 is 0 Å². The zero-order chi connectivity index (χ0) is 22.2. The Hall–Kier alpha value is -2.70. The summed E-state index contributed by atoms with van der Waals surface area (Å²) in [5.74, 6) is 1.33. The number of aromatic nitrogens is 2. The van der Waals surface area contributed by atoms with Crippen LogP contribution in [0.1, 0.15) is 34.9 Å². The highest BCUT2D eigenvalue weighted by molar-refractivity contribution is 5.98. The van der Waals surface area contributed by atoms with Crippen molar-refractivity contribution in [3.8, 4) is 0 Å². The molecule has 1 atom stereocenters. The number of carbonyl (C=O) groups excluding carboxylic acids is 1. The molecule has 2 aromatic carbocycles. The number of fused-ring (bicyclic) bond motifs is 1. The van der Waals surface area contributed by atoms with Crippen LogP contribution in [0.3, 0.4) is 0 Å². The first-order valence-corrected chi connectivity index (χ1v) is 11.6. The predicted octanol–water partition coefficient (Wildman–Crippen LogP) is 3.81. The van der Waals surface area contributed by atoms with Gasteiger partial charge in [0.25, 0.3) is 0 Å². The Kier molecular flexibility index (Phi) is 5.74. The lowest BCUT2D eigenvalue weighted by Crippen LogP contribution is -2.38. The molecule has 6 heteroatoms. The number of amides is 1. The van der Waals surface area contributed by atoms with Crippen molar-refractivity contribution in [1.82, 2.24) is 14.5 Å². The molecule has 6 nitrogen and oxygen atoms in total. The summed E-state index contributed by atoms with van der Waals surface area (Å²) >= 11 is 0. The third kappa shape index (κ3) is 3.93. The number of hydrogen-bond donors (Lipinski definition) is 0. The molecule has 32 heavy (non-hydrogen) atoms. The van der Waals surface area contributed by atoms with Gasteiger partial charge in [0, 0.05) is 50.7 Å². The van der Waals surface area contributed by atoms with Crippen LogP contribution in [0.5, 0.6) is 0 Å². The highest BCUT2D eigenvalue weighted by Crippen LogP contribution is 2.36. The Morgan fingerprint density at radius 2 is 1.75 bits per heavy atom. The van der Waals surface area contributed by atoms with Crippen LogP contribution in [0.4, 0.5) is 5.69 Å². The minimum absolute atomic E-state index is 0.0969. The van der Waals surface area contributed by atoms with Gasteiger partial charge < -0.3 is 14.2 Å². The van der Waals surface area contributed by atoms with Gasteiger partial charge in [0.2, 0.25) is 5.91 Å². The fourth-order valence-corrected chi connectivity index (χ4v) is 5.40. The van der Waals surface area contributed by atoms with Gasteiger partial charge in [-0.25, -0.2) is 4.98 Å². The molecule has 0 spiro atoms. The molecule has 2 aliphatic rings. The van der Waals surface area contributed by atoms with Crippen LogP contribution in [0.2, 0.25) is 0 Å². The molecule has 3 aromatic rings. The number of benzene rings is 2. The van der Waals surface area contributed by atoms with Crippen LogP contribution >= 0.6 is 0 Å². The minimum atomic E-state index is 0.0969. The van der Waals surface area contributed by atoms with Gasteiger partial charge in [0.15, 0.2) is 0 Å². The molecule has 2 aliphatic heterocycles. The molecule has 2 saturated heterocycles. The van der Waals surface area contributed by atoms with Gasteiger partial charge in [-0.2, -0.15) is 0 Å². The second kappa shape index (κ2) is 8.68. The lowest BCUT2D eigenvalue weighted by Gasteiger charge is -2.27. The fourth-order valence-electron chi connectivity index (χ4n) is 5.40. The number of carbonyl (C=O) groups is 1. The van der Waals surface area contributed by atoms with Crippen molar-refractivity contribution in [1.29, 1.82) is 0 Å². The first-order valence-electron chi connectivity index (χ1n) is 11.6. The second-order valence-electron chi connectivity index (χ2n) is 9.22. The Morgan fingerprint density at radius 3 is 2.50 bits per heavy atom. The number of nitrogens with zero attached hydrogens (tertiary/aromatic N) is 4. The number of hydrogen-bond acceptors (Lipinski definition) is 4. The van der Waals surface area contributed by atoms with E-state index in [2.05, 4.69) is 60.6 Å². The number of ether oxygens (including phenoxy) is 1. The quantitative estimate of drug-likeness (QED) is 0.615. The van der Waals surface area contributed by atoms with Gasteiger partial charge in [-0.3, -0.25) is 9.69 Å². The summed E-state index contributed by atoms with van der Waals surface area (Å²) in [6.45, 7) is 12.4. The van der Waals surface area contributed by atoms with E-state index in [-0.39, 0.29) is 11.8 Å². The van der Waals surface area contributed by atoms with E-state index in [0.29, 0.717) is 13.0 Å². The molecule has 168 valence electrons. The summed E-state index contributed by atoms with van der Waals surface area (Å²) in [6, 6.07) is 12.7. The SMILES string of the molecule is Cc1cc(C)c(N2C[C@H](c3nc4ccccc4n3CCN3CCOCC3)CC2=O)c(C)c1. The minimum Gasteiger partial charge on any atom is -0.379 e. The average molecular weight is 433 g/mol. The maximum Gasteiger partial charge on any atom is 0.227 e. The highest BCUT2D eigenvalue weighted by atomic mass is 16.5. The summed E-state index contributed by atoms with van der Waals surface area (Å²) in [7, 11) is 0. The van der Waals surface area contributed by atoms with E-state index in [4.69, 9.17) is 9.72 Å². The number of morpholine rings is 1. The Morgan fingerprint density at radius 1 is 1.03 bits per heavy atom. The predicted molar refractivity (Wildman–Crippen MR) is 127 cm³/mol. The van der Waals surface area contributed by atoms with Crippen molar-refractivity contribution >= 4 is 22.6 Å². The number of para-hydroxylation sites is 2. The Bertz CT molecular complexity index is 1120. The largest absolute Gasteiger partial charge is 0.379 e. The lowest BCUT2D eigenvalue weighted by atomic mass is 10.0. The average Bonchev–Trinajstić information content (AvgIpc) is 3.33. The lowest BCUT2D eigenvalue weighted by molar-refractivity contribution is -0.117. The summed E-state index contributed by atoms with van der Waals surface area (Å²) in [6.07, 6.45) is 0.508. The van der Waals surface area contributed by atoms with E-state index in [9.17, 15) is 4.79 Å². The van der Waals surface area contributed by atoms with Crippen molar-refractivity contribution in [2.45, 2.75) is 39.7 Å². The van der Waals surface area contributed by atoms with Crippen LogP contribution in [-0.4, -0.2) is 59.8 Å². The number of aryl methyl sites for hydroxylation is 3. The van der Waals surface area contributed by atoms with E-state index in [0.717, 1.165) is 73.1 Å². The number of imidazole rings is 1. The Balaban J connectivity index is 1.45. The molecule has 0 saturated carbocycles. The van der Waals surface area contributed by atoms with Crippen LogP contribution in [-0.2, 0) is 16.1 Å². The second-order valence-corrected chi connectivity index (χ2v) is 9.22. The molecular weight excluding hydrogens is 400 g/mol. The van der Waals surface area contributed by atoms with Crippen LogP contribution in [0.15, 0.2) is 36.4 Å². The van der Waals surface area contributed by atoms with Gasteiger partial charge in [-0.05, 0) is 44.0 Å². The summed E-state index contributed by atoms with van der Waals surface area (Å²) in [4.78, 5) is 22.6. The van der Waals surface area contributed by atoms with Crippen LogP contribution < -0.4 is 4.90 Å². The molecule has 0 N–H and O–H groups in total. The fraction of sp³-hybridized carbons (Fsp3) is 0.462. The molecular formula is C26H32N4O2. The van der Waals surface area contributed by atoms with E-state index >= 15 is 0 Å². The first-order chi connectivity index (χ1) is 15.5. The third-order valence-electron chi connectivity index (χ3n) is 6.82. The van der Waals surface area contributed by atoms with Crippen molar-refractivity contribution in [3.63, 3.8) is 0 Å². The molecule has 0 aliphatic carbocycles. The molecule has 3 heterocycles. The normalized spacial score (nSPS) is 19.9. The standard InChI is InChI=1S/C26H32N4O2/c1-18-14-19(2)25(20(3)15-18)30-17-21(16-24(30)31)26-27-22-6-4-5-7-23(22)29(26)9-8-28-10-12-32-13-11-28/h4-7,14-15,21H,8-13,16-17H2,1-3H3/t21-/m1/s1. The number of rotatable bonds is 5. The van der Waals surface area contributed by atoms with E-state index in [1.54, 1.807) is 0 Å². The monoisotopic (exact) mass is 432 g/mol. The Labute approximate surface area is 189 Å².